The molecule has 10 heteroatoms. The number of hydrogen-bond donors (Lipinski definition) is 0. The molecule has 0 spiro atoms. The Kier molecular flexibility index (Phi) is 7.06. The summed E-state index contributed by atoms with van der Waals surface area (Å²) in [7, 11) is -3.15. The number of hydrogen-bond acceptors (Lipinski definition) is 7. The first-order valence-corrected chi connectivity index (χ1v) is 13.6. The lowest BCUT2D eigenvalue weighted by molar-refractivity contribution is -0.149. The van der Waals surface area contributed by atoms with Gasteiger partial charge < -0.3 is 9.64 Å². The molecule has 2 fully saturated rings. The molecule has 0 radical (unpaired) electrons. The monoisotopic (exact) mass is 489 g/mol. The van der Waals surface area contributed by atoms with Gasteiger partial charge in [-0.1, -0.05) is 25.0 Å². The quantitative estimate of drug-likeness (QED) is 0.567. The van der Waals surface area contributed by atoms with Gasteiger partial charge in [-0.05, 0) is 50.3 Å². The van der Waals surface area contributed by atoms with E-state index in [1.807, 2.05) is 32.0 Å². The van der Waals surface area contributed by atoms with E-state index < -0.39 is 22.4 Å². The van der Waals surface area contributed by atoms with Crippen LogP contribution in [0.4, 0.5) is 5.69 Å². The van der Waals surface area contributed by atoms with Crippen molar-refractivity contribution in [2.45, 2.75) is 70.9 Å². The van der Waals surface area contributed by atoms with Crippen molar-refractivity contribution < 1.29 is 27.5 Å². The standard InChI is InChI=1S/C24H31N3O6S/c1-16-7-8-17(2)21(13-16)27-22(28)10-9-20(25-27)24(30)33-14-23(29)26(18-5-3-4-6-18)19-11-12-34(31,32)15-19/h7-8,13,18-19H,3-6,9-12,14-15H2,1-2H3. The number of hydrazone groups is 1. The molecule has 3 aliphatic rings. The zero-order valence-electron chi connectivity index (χ0n) is 19.7. The van der Waals surface area contributed by atoms with E-state index >= 15 is 0 Å². The minimum Gasteiger partial charge on any atom is -0.451 e. The average Bonchev–Trinajstić information content (AvgIpc) is 3.44. The smallest absolute Gasteiger partial charge is 0.355 e. The number of sulfone groups is 1. The van der Waals surface area contributed by atoms with E-state index in [1.54, 1.807) is 4.90 Å². The molecule has 1 unspecified atom stereocenters. The highest BCUT2D eigenvalue weighted by Gasteiger charge is 2.39. The molecule has 1 aromatic rings. The molecule has 4 rings (SSSR count). The third kappa shape index (κ3) is 5.32. The van der Waals surface area contributed by atoms with E-state index in [2.05, 4.69) is 5.10 Å². The molecule has 0 aromatic heterocycles. The maximum atomic E-state index is 13.1. The number of benzene rings is 1. The van der Waals surface area contributed by atoms with Gasteiger partial charge in [0.1, 0.15) is 5.71 Å². The van der Waals surface area contributed by atoms with E-state index in [4.69, 9.17) is 4.74 Å². The van der Waals surface area contributed by atoms with Gasteiger partial charge in [0.25, 0.3) is 5.91 Å². The third-order valence-electron chi connectivity index (χ3n) is 6.80. The number of nitrogens with zero attached hydrogens (tertiary/aromatic N) is 3. The molecule has 34 heavy (non-hydrogen) atoms. The van der Waals surface area contributed by atoms with Crippen LogP contribution in [0.15, 0.2) is 23.3 Å². The first kappa shape index (κ1) is 24.4. The van der Waals surface area contributed by atoms with Crippen LogP contribution >= 0.6 is 0 Å². The van der Waals surface area contributed by atoms with Gasteiger partial charge in [-0.15, -0.1) is 0 Å². The summed E-state index contributed by atoms with van der Waals surface area (Å²) in [6.45, 7) is 3.31. The Balaban J connectivity index is 1.45. The minimum absolute atomic E-state index is 0.0195. The van der Waals surface area contributed by atoms with Gasteiger partial charge in [0.15, 0.2) is 16.4 Å². The highest BCUT2D eigenvalue weighted by molar-refractivity contribution is 7.91. The number of anilines is 1. The van der Waals surface area contributed by atoms with Crippen molar-refractivity contribution in [1.29, 1.82) is 0 Å². The highest BCUT2D eigenvalue weighted by atomic mass is 32.2. The molecular formula is C24H31N3O6S. The maximum absolute atomic E-state index is 13.1. The molecule has 2 heterocycles. The molecule has 1 atom stereocenters. The van der Waals surface area contributed by atoms with Crippen LogP contribution < -0.4 is 5.01 Å². The van der Waals surface area contributed by atoms with Gasteiger partial charge in [0.05, 0.1) is 17.2 Å². The van der Waals surface area contributed by atoms with Crippen LogP contribution in [0.3, 0.4) is 0 Å². The van der Waals surface area contributed by atoms with Gasteiger partial charge in [-0.2, -0.15) is 10.1 Å². The van der Waals surface area contributed by atoms with Crippen LogP contribution in [-0.2, 0) is 29.0 Å². The van der Waals surface area contributed by atoms with Crippen molar-refractivity contribution in [2.24, 2.45) is 5.10 Å². The summed E-state index contributed by atoms with van der Waals surface area (Å²) in [6, 6.07) is 5.27. The van der Waals surface area contributed by atoms with Gasteiger partial charge in [-0.3, -0.25) is 9.59 Å². The second-order valence-electron chi connectivity index (χ2n) is 9.41. The number of amides is 2. The average molecular weight is 490 g/mol. The highest BCUT2D eigenvalue weighted by Crippen LogP contribution is 2.29. The summed E-state index contributed by atoms with van der Waals surface area (Å²) in [5.41, 5.74) is 2.51. The molecule has 184 valence electrons. The molecule has 2 aliphatic heterocycles. The lowest BCUT2D eigenvalue weighted by Crippen LogP contribution is -2.48. The van der Waals surface area contributed by atoms with Gasteiger partial charge in [0, 0.05) is 24.9 Å². The van der Waals surface area contributed by atoms with Crippen LogP contribution in [-0.4, -0.2) is 67.0 Å². The fourth-order valence-corrected chi connectivity index (χ4v) is 6.72. The normalized spacial score (nSPS) is 22.5. The molecule has 1 saturated heterocycles. The topological polar surface area (TPSA) is 113 Å². The van der Waals surface area contributed by atoms with Crippen molar-refractivity contribution in [3.63, 3.8) is 0 Å². The Morgan fingerprint density at radius 1 is 1.12 bits per heavy atom. The lowest BCUT2D eigenvalue weighted by Gasteiger charge is -2.34. The van der Waals surface area contributed by atoms with E-state index in [1.165, 1.54) is 5.01 Å². The zero-order valence-corrected chi connectivity index (χ0v) is 20.5. The number of aryl methyl sites for hydroxylation is 2. The second-order valence-corrected chi connectivity index (χ2v) is 11.6. The van der Waals surface area contributed by atoms with Crippen LogP contribution in [0, 0.1) is 13.8 Å². The van der Waals surface area contributed by atoms with Crippen LogP contribution in [0.2, 0.25) is 0 Å². The second kappa shape index (κ2) is 9.85. The Morgan fingerprint density at radius 2 is 1.85 bits per heavy atom. The molecule has 1 aliphatic carbocycles. The lowest BCUT2D eigenvalue weighted by atomic mass is 10.1. The Hall–Kier alpha value is -2.75. The van der Waals surface area contributed by atoms with Crippen LogP contribution in [0.25, 0.3) is 0 Å². The Labute approximate surface area is 200 Å². The van der Waals surface area contributed by atoms with E-state index in [9.17, 15) is 22.8 Å². The molecule has 0 N–H and O–H groups in total. The first-order chi connectivity index (χ1) is 16.1. The largest absolute Gasteiger partial charge is 0.451 e. The van der Waals surface area contributed by atoms with Crippen LogP contribution in [0.5, 0.6) is 0 Å². The van der Waals surface area contributed by atoms with E-state index in [-0.39, 0.29) is 54.0 Å². The van der Waals surface area contributed by atoms with Crippen molar-refractivity contribution in [3.05, 3.63) is 29.3 Å². The fraction of sp³-hybridized carbons (Fsp3) is 0.583. The predicted octanol–water partition coefficient (Wildman–Crippen LogP) is 2.29. The number of esters is 1. The fourth-order valence-electron chi connectivity index (χ4n) is 5.00. The van der Waals surface area contributed by atoms with Crippen molar-refractivity contribution in [2.75, 3.05) is 23.1 Å². The van der Waals surface area contributed by atoms with Crippen LogP contribution in [0.1, 0.15) is 56.1 Å². The summed E-state index contributed by atoms with van der Waals surface area (Å²) in [5.74, 6) is -1.28. The molecule has 2 amide bonds. The summed E-state index contributed by atoms with van der Waals surface area (Å²) in [4.78, 5) is 40.0. The maximum Gasteiger partial charge on any atom is 0.355 e. The number of carbonyl (C=O) groups excluding carboxylic acids is 3. The Morgan fingerprint density at radius 3 is 2.53 bits per heavy atom. The van der Waals surface area contributed by atoms with E-state index in [0.29, 0.717) is 12.1 Å². The third-order valence-corrected chi connectivity index (χ3v) is 8.55. The first-order valence-electron chi connectivity index (χ1n) is 11.8. The molecular weight excluding hydrogens is 458 g/mol. The molecule has 0 bridgehead atoms. The minimum atomic E-state index is -3.15. The van der Waals surface area contributed by atoms with Crippen molar-refractivity contribution in [3.8, 4) is 0 Å². The number of rotatable bonds is 6. The Bertz CT molecular complexity index is 1120. The molecule has 1 aromatic carbocycles. The number of carbonyl (C=O) groups is 3. The van der Waals surface area contributed by atoms with Crippen molar-refractivity contribution >= 4 is 39.0 Å². The molecule has 9 nitrogen and oxygen atoms in total. The summed E-state index contributed by atoms with van der Waals surface area (Å²) >= 11 is 0. The number of ether oxygens (including phenoxy) is 1. The SMILES string of the molecule is Cc1ccc(C)c(N2N=C(C(=O)OCC(=O)N(C3CCCC3)C3CCS(=O)(=O)C3)CCC2=O)c1. The molecule has 1 saturated carbocycles. The van der Waals surface area contributed by atoms with Gasteiger partial charge in [0.2, 0.25) is 5.91 Å². The van der Waals surface area contributed by atoms with Gasteiger partial charge in [-0.25, -0.2) is 13.2 Å². The zero-order chi connectivity index (χ0) is 24.5. The summed E-state index contributed by atoms with van der Waals surface area (Å²) < 4.78 is 29.3. The van der Waals surface area contributed by atoms with E-state index in [0.717, 1.165) is 36.8 Å². The van der Waals surface area contributed by atoms with Gasteiger partial charge >= 0.3 is 5.97 Å². The summed E-state index contributed by atoms with van der Waals surface area (Å²) in [6.07, 6.45) is 4.31. The van der Waals surface area contributed by atoms with Crippen molar-refractivity contribution in [1.82, 2.24) is 4.90 Å². The summed E-state index contributed by atoms with van der Waals surface area (Å²) in [5, 5.41) is 5.49. The predicted molar refractivity (Wildman–Crippen MR) is 127 cm³/mol.